The van der Waals surface area contributed by atoms with Gasteiger partial charge in [-0.25, -0.2) is 4.79 Å². The number of hydrogen-bond acceptors (Lipinski definition) is 3. The number of hydrogen-bond donors (Lipinski definition) is 0. The minimum atomic E-state index is -0.528. The van der Waals surface area contributed by atoms with Crippen LogP contribution in [0.4, 0.5) is 0 Å². The van der Waals surface area contributed by atoms with Crippen molar-refractivity contribution in [2.24, 2.45) is 0 Å². The molecule has 2 rings (SSSR count). The summed E-state index contributed by atoms with van der Waals surface area (Å²) in [6.45, 7) is 6.38. The summed E-state index contributed by atoms with van der Waals surface area (Å²) in [7, 11) is 0. The first-order valence-corrected chi connectivity index (χ1v) is 7.63. The Labute approximate surface area is 134 Å². The van der Waals surface area contributed by atoms with Gasteiger partial charge in [-0.05, 0) is 67.1 Å². The Kier molecular flexibility index (Phi) is 4.39. The van der Waals surface area contributed by atoms with E-state index in [1.165, 1.54) is 0 Å². The average molecular weight is 402 g/mol. The maximum atomic E-state index is 11.9. The van der Waals surface area contributed by atoms with Gasteiger partial charge in [-0.15, -0.1) is 0 Å². The number of halogens is 2. The van der Waals surface area contributed by atoms with E-state index in [0.717, 1.165) is 10.0 Å². The summed E-state index contributed by atoms with van der Waals surface area (Å²) in [5.41, 5.74) is 1.20. The highest BCUT2D eigenvalue weighted by molar-refractivity contribution is 9.10. The SMILES string of the molecule is CC(C)(C)c1ccc(OC(=O)c2ccc(Br)o2)c(Br)c1. The topological polar surface area (TPSA) is 39.4 Å². The summed E-state index contributed by atoms with van der Waals surface area (Å²) in [4.78, 5) is 11.9. The Bertz CT molecular complexity index is 639. The molecule has 20 heavy (non-hydrogen) atoms. The van der Waals surface area contributed by atoms with E-state index in [-0.39, 0.29) is 11.2 Å². The smallest absolute Gasteiger partial charge is 0.379 e. The van der Waals surface area contributed by atoms with Crippen molar-refractivity contribution in [1.29, 1.82) is 0 Å². The van der Waals surface area contributed by atoms with Crippen LogP contribution in [0.3, 0.4) is 0 Å². The third-order valence-electron chi connectivity index (χ3n) is 2.77. The molecule has 0 spiro atoms. The van der Waals surface area contributed by atoms with Crippen molar-refractivity contribution >= 4 is 37.8 Å². The predicted octanol–water partition coefficient (Wildman–Crippen LogP) is 5.32. The first-order valence-electron chi connectivity index (χ1n) is 6.05. The van der Waals surface area contributed by atoms with Crippen LogP contribution in [0.5, 0.6) is 5.75 Å². The van der Waals surface area contributed by atoms with Crippen LogP contribution in [0.2, 0.25) is 0 Å². The highest BCUT2D eigenvalue weighted by atomic mass is 79.9. The van der Waals surface area contributed by atoms with Crippen LogP contribution in [-0.4, -0.2) is 5.97 Å². The summed E-state index contributed by atoms with van der Waals surface area (Å²) in [5, 5.41) is 0. The molecule has 1 aromatic heterocycles. The molecule has 5 heteroatoms. The van der Waals surface area contributed by atoms with Gasteiger partial charge < -0.3 is 9.15 Å². The lowest BCUT2D eigenvalue weighted by atomic mass is 9.87. The first-order chi connectivity index (χ1) is 9.27. The Balaban J connectivity index is 2.20. The molecule has 1 heterocycles. The minimum Gasteiger partial charge on any atom is -0.442 e. The van der Waals surface area contributed by atoms with E-state index in [1.807, 2.05) is 12.1 Å². The van der Waals surface area contributed by atoms with Gasteiger partial charge in [0.05, 0.1) is 4.47 Å². The fraction of sp³-hybridized carbons (Fsp3) is 0.267. The standard InChI is InChI=1S/C15H14Br2O3/c1-15(2,3)9-4-5-11(10(16)8-9)20-14(18)12-6-7-13(17)19-12/h4-8H,1-3H3. The summed E-state index contributed by atoms with van der Waals surface area (Å²) in [5.74, 6) is 0.0964. The molecule has 0 aliphatic carbocycles. The van der Waals surface area contributed by atoms with Gasteiger partial charge in [-0.2, -0.15) is 0 Å². The van der Waals surface area contributed by atoms with Gasteiger partial charge in [-0.1, -0.05) is 26.8 Å². The Morgan fingerprint density at radius 3 is 2.35 bits per heavy atom. The van der Waals surface area contributed by atoms with Crippen molar-refractivity contribution in [3.63, 3.8) is 0 Å². The summed E-state index contributed by atoms with van der Waals surface area (Å²) in [6.07, 6.45) is 0. The van der Waals surface area contributed by atoms with Crippen LogP contribution in [0, 0.1) is 0 Å². The molecule has 2 aromatic rings. The maximum Gasteiger partial charge on any atom is 0.379 e. The summed E-state index contributed by atoms with van der Waals surface area (Å²) < 4.78 is 11.7. The largest absolute Gasteiger partial charge is 0.442 e. The molecule has 1 aromatic carbocycles. The Morgan fingerprint density at radius 1 is 1.15 bits per heavy atom. The van der Waals surface area contributed by atoms with E-state index in [9.17, 15) is 4.79 Å². The van der Waals surface area contributed by atoms with Gasteiger partial charge in [0.25, 0.3) is 0 Å². The highest BCUT2D eigenvalue weighted by Gasteiger charge is 2.18. The second-order valence-corrected chi connectivity index (χ2v) is 7.02. The second kappa shape index (κ2) is 5.74. The Hall–Kier alpha value is -1.07. The first kappa shape index (κ1) is 15.3. The van der Waals surface area contributed by atoms with Crippen molar-refractivity contribution in [3.8, 4) is 5.75 Å². The summed E-state index contributed by atoms with van der Waals surface area (Å²) in [6, 6.07) is 8.89. The van der Waals surface area contributed by atoms with Gasteiger partial charge in [0.15, 0.2) is 4.67 Å². The number of esters is 1. The molecule has 0 unspecified atom stereocenters. The number of carbonyl (C=O) groups excluding carboxylic acids is 1. The van der Waals surface area contributed by atoms with Crippen molar-refractivity contribution in [2.45, 2.75) is 26.2 Å². The molecule has 0 aliphatic heterocycles. The van der Waals surface area contributed by atoms with E-state index >= 15 is 0 Å². The van der Waals surface area contributed by atoms with Gasteiger partial charge in [0, 0.05) is 0 Å². The van der Waals surface area contributed by atoms with Gasteiger partial charge in [0.1, 0.15) is 5.75 Å². The molecule has 0 aliphatic rings. The van der Waals surface area contributed by atoms with E-state index in [1.54, 1.807) is 18.2 Å². The molecule has 0 N–H and O–H groups in total. The van der Waals surface area contributed by atoms with E-state index in [4.69, 9.17) is 9.15 Å². The van der Waals surface area contributed by atoms with Crippen LogP contribution in [0.25, 0.3) is 0 Å². The number of carbonyl (C=O) groups is 1. The van der Waals surface area contributed by atoms with E-state index in [0.29, 0.717) is 10.4 Å². The molecule has 0 amide bonds. The fourth-order valence-electron chi connectivity index (χ4n) is 1.62. The molecule has 0 fully saturated rings. The third-order valence-corrected chi connectivity index (χ3v) is 3.82. The monoisotopic (exact) mass is 400 g/mol. The lowest BCUT2D eigenvalue weighted by Gasteiger charge is -2.19. The molecule has 0 bridgehead atoms. The zero-order valence-electron chi connectivity index (χ0n) is 11.4. The van der Waals surface area contributed by atoms with Crippen molar-refractivity contribution in [3.05, 3.63) is 50.8 Å². The van der Waals surface area contributed by atoms with Crippen LogP contribution in [-0.2, 0) is 5.41 Å². The molecule has 0 saturated carbocycles. The maximum absolute atomic E-state index is 11.9. The van der Waals surface area contributed by atoms with Crippen LogP contribution in [0.1, 0.15) is 36.9 Å². The predicted molar refractivity (Wildman–Crippen MR) is 84.2 cm³/mol. The molecule has 106 valence electrons. The minimum absolute atomic E-state index is 0.0386. The van der Waals surface area contributed by atoms with E-state index < -0.39 is 5.97 Å². The molecular formula is C15H14Br2O3. The number of benzene rings is 1. The third kappa shape index (κ3) is 3.52. The zero-order valence-corrected chi connectivity index (χ0v) is 14.5. The van der Waals surface area contributed by atoms with Crippen LogP contribution in [0.15, 0.2) is 43.9 Å². The molecule has 0 atom stereocenters. The number of furan rings is 1. The lowest BCUT2D eigenvalue weighted by Crippen LogP contribution is -2.12. The van der Waals surface area contributed by atoms with Gasteiger partial charge >= 0.3 is 5.97 Å². The van der Waals surface area contributed by atoms with Crippen LogP contribution < -0.4 is 4.74 Å². The Morgan fingerprint density at radius 2 is 1.85 bits per heavy atom. The molecular weight excluding hydrogens is 388 g/mol. The molecule has 0 saturated heterocycles. The number of rotatable bonds is 2. The fourth-order valence-corrected chi connectivity index (χ4v) is 2.39. The normalized spacial score (nSPS) is 11.4. The average Bonchev–Trinajstić information content (AvgIpc) is 2.77. The van der Waals surface area contributed by atoms with Gasteiger partial charge in [-0.3, -0.25) is 0 Å². The molecule has 0 radical (unpaired) electrons. The van der Waals surface area contributed by atoms with Crippen molar-refractivity contribution in [2.75, 3.05) is 0 Å². The summed E-state index contributed by atoms with van der Waals surface area (Å²) >= 11 is 6.58. The van der Waals surface area contributed by atoms with Crippen molar-refractivity contribution in [1.82, 2.24) is 0 Å². The quantitative estimate of drug-likeness (QED) is 0.504. The number of ether oxygens (including phenoxy) is 1. The van der Waals surface area contributed by atoms with Gasteiger partial charge in [0.2, 0.25) is 5.76 Å². The van der Waals surface area contributed by atoms with E-state index in [2.05, 4.69) is 52.6 Å². The highest BCUT2D eigenvalue weighted by Crippen LogP contribution is 2.32. The second-order valence-electron chi connectivity index (χ2n) is 5.39. The lowest BCUT2D eigenvalue weighted by molar-refractivity contribution is 0.0698. The van der Waals surface area contributed by atoms with Crippen LogP contribution >= 0.6 is 31.9 Å². The van der Waals surface area contributed by atoms with Crippen molar-refractivity contribution < 1.29 is 13.9 Å². The zero-order chi connectivity index (χ0) is 14.9. The molecule has 3 nitrogen and oxygen atoms in total.